The fourth-order valence-corrected chi connectivity index (χ4v) is 4.47. The Morgan fingerprint density at radius 3 is 2.45 bits per heavy atom. The third-order valence-electron chi connectivity index (χ3n) is 5.17. The highest BCUT2D eigenvalue weighted by Crippen LogP contribution is 2.38. The largest absolute Gasteiger partial charge is 0.326 e. The highest BCUT2D eigenvalue weighted by molar-refractivity contribution is 8.00. The predicted octanol–water partition coefficient (Wildman–Crippen LogP) is 6.47. The third-order valence-corrected chi connectivity index (χ3v) is 6.83. The summed E-state index contributed by atoms with van der Waals surface area (Å²) in [6, 6.07) is 22.8. The van der Waals surface area contributed by atoms with Crippen molar-refractivity contribution in [2.24, 2.45) is 5.92 Å². The summed E-state index contributed by atoms with van der Waals surface area (Å²) in [6.07, 6.45) is 1.92. The van der Waals surface area contributed by atoms with Crippen LogP contribution in [0.15, 0.2) is 77.7 Å². The number of anilines is 2. The quantitative estimate of drug-likeness (QED) is 0.405. The topological polar surface area (TPSA) is 58.2 Å². The van der Waals surface area contributed by atoms with E-state index in [4.69, 9.17) is 11.6 Å². The normalized spacial score (nSPS) is 14.0. The van der Waals surface area contributed by atoms with Gasteiger partial charge in [0.1, 0.15) is 5.25 Å². The number of hydrogen-bond donors (Lipinski definition) is 2. The molecule has 158 valence electrons. The van der Waals surface area contributed by atoms with Gasteiger partial charge in [-0.1, -0.05) is 54.1 Å². The molecule has 4 rings (SSSR count). The molecule has 0 heterocycles. The van der Waals surface area contributed by atoms with Gasteiger partial charge in [-0.15, -0.1) is 11.8 Å². The average Bonchev–Trinajstić information content (AvgIpc) is 3.62. The Labute approximate surface area is 191 Å². The Morgan fingerprint density at radius 2 is 1.71 bits per heavy atom. The molecule has 0 radical (unpaired) electrons. The smallest absolute Gasteiger partial charge is 0.242 e. The number of rotatable bonds is 7. The summed E-state index contributed by atoms with van der Waals surface area (Å²) in [4.78, 5) is 26.3. The van der Waals surface area contributed by atoms with Gasteiger partial charge >= 0.3 is 0 Å². The fourth-order valence-electron chi connectivity index (χ4n) is 3.22. The molecule has 6 heteroatoms. The number of thioether (sulfide) groups is 1. The lowest BCUT2D eigenvalue weighted by Gasteiger charge is -2.19. The van der Waals surface area contributed by atoms with Gasteiger partial charge in [0, 0.05) is 27.2 Å². The van der Waals surface area contributed by atoms with Gasteiger partial charge in [-0.25, -0.2) is 0 Å². The first-order valence-electron chi connectivity index (χ1n) is 10.2. The molecule has 3 aromatic carbocycles. The van der Waals surface area contributed by atoms with Gasteiger partial charge in [0.05, 0.1) is 0 Å². The Morgan fingerprint density at radius 1 is 0.968 bits per heavy atom. The van der Waals surface area contributed by atoms with Crippen LogP contribution < -0.4 is 10.6 Å². The standard InChI is InChI=1S/C25H23ClN2O2S/c1-16-21(26)11-6-12-22(16)28-25(30)23(17-7-3-2-4-8-17)31-20-10-5-9-19(15-20)27-24(29)18-13-14-18/h2-12,15,18,23H,13-14H2,1H3,(H,27,29)(H,28,30). The summed E-state index contributed by atoms with van der Waals surface area (Å²) in [7, 11) is 0. The van der Waals surface area contributed by atoms with Crippen LogP contribution >= 0.6 is 23.4 Å². The van der Waals surface area contributed by atoms with Gasteiger partial charge in [0.15, 0.2) is 0 Å². The maximum atomic E-state index is 13.3. The van der Waals surface area contributed by atoms with Gasteiger partial charge in [0.2, 0.25) is 11.8 Å². The van der Waals surface area contributed by atoms with Crippen LogP contribution in [0.2, 0.25) is 5.02 Å². The third kappa shape index (κ3) is 5.49. The Bertz CT molecular complexity index is 1100. The molecule has 0 bridgehead atoms. The minimum atomic E-state index is -0.464. The molecule has 1 unspecified atom stereocenters. The molecule has 1 saturated carbocycles. The molecule has 1 aliphatic carbocycles. The van der Waals surface area contributed by atoms with Crippen molar-refractivity contribution in [1.82, 2.24) is 0 Å². The average molecular weight is 451 g/mol. The fraction of sp³-hybridized carbons (Fsp3) is 0.200. The Kier molecular flexibility index (Phi) is 6.64. The molecule has 1 fully saturated rings. The SMILES string of the molecule is Cc1c(Cl)cccc1NC(=O)C(Sc1cccc(NC(=O)C2CC2)c1)c1ccccc1. The van der Waals surface area contributed by atoms with Crippen LogP contribution in [-0.2, 0) is 9.59 Å². The minimum Gasteiger partial charge on any atom is -0.326 e. The Hall–Kier alpha value is -2.76. The van der Waals surface area contributed by atoms with Crippen LogP contribution in [-0.4, -0.2) is 11.8 Å². The molecule has 0 spiro atoms. The molecule has 0 saturated heterocycles. The van der Waals surface area contributed by atoms with E-state index >= 15 is 0 Å². The molecule has 31 heavy (non-hydrogen) atoms. The lowest BCUT2D eigenvalue weighted by atomic mass is 10.1. The van der Waals surface area contributed by atoms with Gasteiger partial charge < -0.3 is 10.6 Å². The summed E-state index contributed by atoms with van der Waals surface area (Å²) in [5.74, 6) is 0.0741. The lowest BCUT2D eigenvalue weighted by Crippen LogP contribution is -2.19. The van der Waals surface area contributed by atoms with Gasteiger partial charge in [0.25, 0.3) is 0 Å². The molecule has 1 atom stereocenters. The van der Waals surface area contributed by atoms with Crippen LogP contribution in [0.3, 0.4) is 0 Å². The summed E-state index contributed by atoms with van der Waals surface area (Å²) in [6.45, 7) is 1.88. The van der Waals surface area contributed by atoms with E-state index in [1.54, 1.807) is 6.07 Å². The molecule has 0 aliphatic heterocycles. The number of halogens is 1. The van der Waals surface area contributed by atoms with Crippen molar-refractivity contribution >= 4 is 46.6 Å². The second-order valence-corrected chi connectivity index (χ2v) is 9.19. The van der Waals surface area contributed by atoms with Crippen LogP contribution in [0.4, 0.5) is 11.4 Å². The molecule has 3 aromatic rings. The van der Waals surface area contributed by atoms with E-state index in [-0.39, 0.29) is 17.7 Å². The van der Waals surface area contributed by atoms with Gasteiger partial charge in [-0.2, -0.15) is 0 Å². The number of hydrogen-bond acceptors (Lipinski definition) is 3. The van der Waals surface area contributed by atoms with Crippen molar-refractivity contribution in [1.29, 1.82) is 0 Å². The monoisotopic (exact) mass is 450 g/mol. The van der Waals surface area contributed by atoms with Crippen LogP contribution in [0.5, 0.6) is 0 Å². The van der Waals surface area contributed by atoms with Crippen molar-refractivity contribution in [2.45, 2.75) is 29.9 Å². The van der Waals surface area contributed by atoms with Crippen LogP contribution in [0.1, 0.15) is 29.2 Å². The molecule has 4 nitrogen and oxygen atoms in total. The molecular weight excluding hydrogens is 428 g/mol. The van der Waals surface area contributed by atoms with Crippen molar-refractivity contribution in [3.8, 4) is 0 Å². The highest BCUT2D eigenvalue weighted by Gasteiger charge is 2.29. The molecule has 2 amide bonds. The van der Waals surface area contributed by atoms with Gasteiger partial charge in [-0.3, -0.25) is 9.59 Å². The van der Waals surface area contributed by atoms with Crippen molar-refractivity contribution in [3.63, 3.8) is 0 Å². The molecule has 1 aliphatic rings. The summed E-state index contributed by atoms with van der Waals surface area (Å²) in [5.41, 5.74) is 3.18. The van der Waals surface area contributed by atoms with E-state index < -0.39 is 5.25 Å². The van der Waals surface area contributed by atoms with Crippen molar-refractivity contribution in [3.05, 3.63) is 88.9 Å². The summed E-state index contributed by atoms with van der Waals surface area (Å²) in [5, 5.41) is 6.15. The van der Waals surface area contributed by atoms with Crippen molar-refractivity contribution < 1.29 is 9.59 Å². The predicted molar refractivity (Wildman–Crippen MR) is 128 cm³/mol. The summed E-state index contributed by atoms with van der Waals surface area (Å²) < 4.78 is 0. The zero-order valence-electron chi connectivity index (χ0n) is 17.1. The molecule has 0 aromatic heterocycles. The van der Waals surface area contributed by atoms with Crippen molar-refractivity contribution in [2.75, 3.05) is 10.6 Å². The first-order chi connectivity index (χ1) is 15.0. The lowest BCUT2D eigenvalue weighted by molar-refractivity contribution is -0.117. The van der Waals surface area contributed by atoms with Crippen LogP contribution in [0.25, 0.3) is 0 Å². The van der Waals surface area contributed by atoms with Gasteiger partial charge in [-0.05, 0) is 61.2 Å². The van der Waals surface area contributed by atoms with E-state index in [0.717, 1.165) is 34.6 Å². The van der Waals surface area contributed by atoms with E-state index in [1.165, 1.54) is 11.8 Å². The maximum Gasteiger partial charge on any atom is 0.242 e. The zero-order valence-corrected chi connectivity index (χ0v) is 18.7. The summed E-state index contributed by atoms with van der Waals surface area (Å²) >= 11 is 7.67. The number of benzene rings is 3. The first kappa shape index (κ1) is 21.5. The van der Waals surface area contributed by atoms with E-state index in [1.807, 2.05) is 73.7 Å². The first-order valence-corrected chi connectivity index (χ1v) is 11.5. The number of nitrogens with one attached hydrogen (secondary N) is 2. The van der Waals surface area contributed by atoms with E-state index in [9.17, 15) is 9.59 Å². The minimum absolute atomic E-state index is 0.0657. The number of carbonyl (C=O) groups excluding carboxylic acids is 2. The van der Waals surface area contributed by atoms with Crippen LogP contribution in [0, 0.1) is 12.8 Å². The second kappa shape index (κ2) is 9.58. The Balaban J connectivity index is 1.56. The highest BCUT2D eigenvalue weighted by atomic mass is 35.5. The maximum absolute atomic E-state index is 13.3. The molecular formula is C25H23ClN2O2S. The van der Waals surface area contributed by atoms with E-state index in [2.05, 4.69) is 10.6 Å². The van der Waals surface area contributed by atoms with E-state index in [0.29, 0.717) is 10.7 Å². The second-order valence-electron chi connectivity index (χ2n) is 7.60. The molecule has 2 N–H and O–H groups in total. The zero-order chi connectivity index (χ0) is 21.8. The number of amides is 2. The number of carbonyl (C=O) groups is 2.